The van der Waals surface area contributed by atoms with Crippen molar-refractivity contribution >= 4 is 34.1 Å². The van der Waals surface area contributed by atoms with E-state index >= 15 is 0 Å². The molecule has 0 aromatic carbocycles. The molecule has 0 spiro atoms. The van der Waals surface area contributed by atoms with E-state index in [9.17, 15) is 14.0 Å². The normalized spacial score (nSPS) is 17.7. The van der Waals surface area contributed by atoms with Crippen molar-refractivity contribution in [3.05, 3.63) is 43.2 Å². The molecule has 2 N–H and O–H groups in total. The van der Waals surface area contributed by atoms with Gasteiger partial charge in [0.15, 0.2) is 0 Å². The number of aromatic nitrogens is 7. The third-order valence-electron chi connectivity index (χ3n) is 5.78. The molecule has 33 heavy (non-hydrogen) atoms. The summed E-state index contributed by atoms with van der Waals surface area (Å²) in [6.07, 6.45) is 9.70. The number of nitrogens with zero attached hydrogens (tertiary/aromatic N) is 8. The number of hydrogen-bond donors (Lipinski definition) is 2. The van der Waals surface area contributed by atoms with Crippen LogP contribution in [-0.4, -0.2) is 56.6 Å². The van der Waals surface area contributed by atoms with Gasteiger partial charge in [-0.25, -0.2) is 15.0 Å². The summed E-state index contributed by atoms with van der Waals surface area (Å²) in [5.41, 5.74) is 2.40. The van der Waals surface area contributed by atoms with Crippen LogP contribution < -0.4 is 9.62 Å². The van der Waals surface area contributed by atoms with Crippen molar-refractivity contribution in [1.82, 2.24) is 34.7 Å². The van der Waals surface area contributed by atoms with Crippen LogP contribution in [0.5, 0.6) is 0 Å². The topological polar surface area (TPSA) is 164 Å². The first kappa shape index (κ1) is 21.0. The molecule has 5 rings (SSSR count). The van der Waals surface area contributed by atoms with Gasteiger partial charge in [-0.1, -0.05) is 0 Å². The summed E-state index contributed by atoms with van der Waals surface area (Å²) in [6.45, 7) is 1.39. The summed E-state index contributed by atoms with van der Waals surface area (Å²) < 4.78 is 25.8. The van der Waals surface area contributed by atoms with Crippen LogP contribution in [0.3, 0.4) is 0 Å². The zero-order chi connectivity index (χ0) is 22.8. The standard InChI is InChI=1S/C20H20N10O2S/c21-5-1-16(13-4-8-29(10-13)17-3-7-23-20(27-17)28-33(31)32)30-11-14(9-26-30)18-15-2-6-22-19(15)25-12-24-18/h2-3,6-7,9,11-13,16H,1,4,8,10H2,(H,31,32)(H,22,24,25)(H,23,27,28)/p-1. The summed E-state index contributed by atoms with van der Waals surface area (Å²) in [5.74, 6) is 0.818. The third-order valence-corrected chi connectivity index (χ3v) is 6.13. The summed E-state index contributed by atoms with van der Waals surface area (Å²) in [5, 5.41) is 15.0. The van der Waals surface area contributed by atoms with Gasteiger partial charge in [-0.3, -0.25) is 13.6 Å². The van der Waals surface area contributed by atoms with Crippen LogP contribution >= 0.6 is 0 Å². The van der Waals surface area contributed by atoms with Crippen LogP contribution in [-0.2, 0) is 11.3 Å². The van der Waals surface area contributed by atoms with Crippen LogP contribution in [0.15, 0.2) is 43.2 Å². The number of H-pyrrole nitrogens is 1. The van der Waals surface area contributed by atoms with Gasteiger partial charge in [0.1, 0.15) is 17.8 Å². The Morgan fingerprint density at radius 3 is 3.12 bits per heavy atom. The summed E-state index contributed by atoms with van der Waals surface area (Å²) in [4.78, 5) is 22.0. The number of hydrogen-bond acceptors (Lipinski definition) is 9. The number of fused-ring (bicyclic) bond motifs is 1. The Balaban J connectivity index is 1.37. The molecule has 1 saturated heterocycles. The first-order chi connectivity index (χ1) is 16.1. The van der Waals surface area contributed by atoms with Crippen LogP contribution in [0.2, 0.25) is 0 Å². The largest absolute Gasteiger partial charge is 0.755 e. The maximum Gasteiger partial charge on any atom is 0.235 e. The molecule has 0 amide bonds. The second-order valence-corrected chi connectivity index (χ2v) is 8.34. The van der Waals surface area contributed by atoms with E-state index in [2.05, 4.69) is 45.7 Å². The minimum atomic E-state index is -2.49. The van der Waals surface area contributed by atoms with E-state index in [4.69, 9.17) is 0 Å². The van der Waals surface area contributed by atoms with Crippen molar-refractivity contribution in [1.29, 1.82) is 5.26 Å². The second-order valence-electron chi connectivity index (χ2n) is 7.67. The van der Waals surface area contributed by atoms with Crippen molar-refractivity contribution in [2.45, 2.75) is 18.9 Å². The number of nitriles is 1. The van der Waals surface area contributed by atoms with Gasteiger partial charge in [0.05, 0.1) is 30.4 Å². The molecule has 1 aliphatic heterocycles. The molecule has 0 bridgehead atoms. The van der Waals surface area contributed by atoms with Crippen LogP contribution in [0.1, 0.15) is 18.9 Å². The molecule has 0 radical (unpaired) electrons. The third kappa shape index (κ3) is 4.26. The molecule has 1 aliphatic rings. The van der Waals surface area contributed by atoms with Crippen molar-refractivity contribution in [3.63, 3.8) is 0 Å². The van der Waals surface area contributed by atoms with Gasteiger partial charge >= 0.3 is 0 Å². The van der Waals surface area contributed by atoms with Gasteiger partial charge in [0.25, 0.3) is 0 Å². The summed E-state index contributed by atoms with van der Waals surface area (Å²) in [7, 11) is 0. The van der Waals surface area contributed by atoms with Crippen LogP contribution in [0.4, 0.5) is 11.8 Å². The van der Waals surface area contributed by atoms with Gasteiger partial charge in [0.2, 0.25) is 5.95 Å². The van der Waals surface area contributed by atoms with E-state index in [0.29, 0.717) is 18.8 Å². The molecular weight excluding hydrogens is 444 g/mol. The smallest absolute Gasteiger partial charge is 0.235 e. The molecule has 0 saturated carbocycles. The van der Waals surface area contributed by atoms with Gasteiger partial charge in [-0.15, -0.1) is 0 Å². The number of rotatable bonds is 7. The lowest BCUT2D eigenvalue weighted by Crippen LogP contribution is -2.25. The second kappa shape index (κ2) is 8.93. The summed E-state index contributed by atoms with van der Waals surface area (Å²) in [6, 6.07) is 5.84. The highest BCUT2D eigenvalue weighted by atomic mass is 32.2. The fourth-order valence-corrected chi connectivity index (χ4v) is 4.52. The van der Waals surface area contributed by atoms with E-state index in [1.807, 2.05) is 23.1 Å². The van der Waals surface area contributed by atoms with Crippen LogP contribution in [0.25, 0.3) is 22.3 Å². The Morgan fingerprint density at radius 2 is 2.27 bits per heavy atom. The molecule has 0 aliphatic carbocycles. The Hall–Kier alpha value is -3.89. The lowest BCUT2D eigenvalue weighted by molar-refractivity contribution is 0.332. The highest BCUT2D eigenvalue weighted by Crippen LogP contribution is 2.33. The Labute approximate surface area is 191 Å². The van der Waals surface area contributed by atoms with Crippen LogP contribution in [0, 0.1) is 17.2 Å². The lowest BCUT2D eigenvalue weighted by atomic mass is 9.96. The predicted octanol–water partition coefficient (Wildman–Crippen LogP) is 1.80. The molecular formula is C20H19N10O2S-. The van der Waals surface area contributed by atoms with Crippen molar-refractivity contribution in [2.75, 3.05) is 22.7 Å². The van der Waals surface area contributed by atoms with Crippen molar-refractivity contribution in [2.24, 2.45) is 5.92 Å². The average Bonchev–Trinajstić information content (AvgIpc) is 3.58. The van der Waals surface area contributed by atoms with Gasteiger partial charge in [-0.05, 0) is 18.6 Å². The van der Waals surface area contributed by atoms with E-state index in [1.165, 1.54) is 12.5 Å². The molecule has 3 atom stereocenters. The van der Waals surface area contributed by atoms with E-state index in [1.54, 1.807) is 12.3 Å². The molecule has 5 heterocycles. The zero-order valence-corrected chi connectivity index (χ0v) is 18.1. The van der Waals surface area contributed by atoms with E-state index in [0.717, 1.165) is 35.3 Å². The van der Waals surface area contributed by atoms with Crippen molar-refractivity contribution < 1.29 is 8.76 Å². The maximum atomic E-state index is 10.9. The molecule has 1 fully saturated rings. The Bertz CT molecular complexity index is 1350. The fourth-order valence-electron chi connectivity index (χ4n) is 4.27. The highest BCUT2D eigenvalue weighted by molar-refractivity contribution is 7.80. The number of anilines is 2. The number of aromatic amines is 1. The van der Waals surface area contributed by atoms with Gasteiger partial charge < -0.3 is 14.4 Å². The quantitative estimate of drug-likeness (QED) is 0.389. The fraction of sp³-hybridized carbons (Fsp3) is 0.300. The van der Waals surface area contributed by atoms with E-state index < -0.39 is 11.3 Å². The maximum absolute atomic E-state index is 10.9. The first-order valence-corrected chi connectivity index (χ1v) is 11.3. The minimum absolute atomic E-state index is 0.0236. The molecule has 168 valence electrons. The molecule has 12 nitrogen and oxygen atoms in total. The molecule has 4 aromatic rings. The van der Waals surface area contributed by atoms with E-state index in [-0.39, 0.29) is 17.9 Å². The molecule has 3 unspecified atom stereocenters. The minimum Gasteiger partial charge on any atom is -0.755 e. The highest BCUT2D eigenvalue weighted by Gasteiger charge is 2.32. The lowest BCUT2D eigenvalue weighted by Gasteiger charge is -2.23. The first-order valence-electron chi connectivity index (χ1n) is 10.3. The number of nitrogens with one attached hydrogen (secondary N) is 2. The van der Waals surface area contributed by atoms with Gasteiger partial charge in [0, 0.05) is 59.8 Å². The SMILES string of the molecule is N#CCC(C1CCN(c2ccnc(NS(=O)[O-])n2)C1)n1cc(-c2ncnc3[nH]ccc23)cn1. The zero-order valence-electron chi connectivity index (χ0n) is 17.3. The van der Waals surface area contributed by atoms with Gasteiger partial charge in [-0.2, -0.15) is 15.3 Å². The molecule has 13 heteroatoms. The monoisotopic (exact) mass is 463 g/mol. The summed E-state index contributed by atoms with van der Waals surface area (Å²) >= 11 is -2.49. The Morgan fingerprint density at radius 1 is 1.36 bits per heavy atom. The molecule has 4 aromatic heterocycles. The predicted molar refractivity (Wildman–Crippen MR) is 119 cm³/mol. The Kier molecular flexibility index (Phi) is 5.68. The average molecular weight is 464 g/mol. The van der Waals surface area contributed by atoms with Crippen molar-refractivity contribution in [3.8, 4) is 17.3 Å².